The molecule has 116 valence electrons. The molecule has 0 amide bonds. The van der Waals surface area contributed by atoms with E-state index in [0.29, 0.717) is 6.42 Å². The topological polar surface area (TPSA) is 57.6 Å². The van der Waals surface area contributed by atoms with Gasteiger partial charge in [0.25, 0.3) is 0 Å². The van der Waals surface area contributed by atoms with Crippen LogP contribution in [0.25, 0.3) is 0 Å². The van der Waals surface area contributed by atoms with Crippen molar-refractivity contribution in [1.29, 1.82) is 0 Å². The largest absolute Gasteiger partial charge is 0.395 e. The third kappa shape index (κ3) is 5.04. The maximum Gasteiger partial charge on any atom is 0.243 e. The molecule has 0 aliphatic heterocycles. The number of nitrogens with zero attached hydrogens (tertiary/aromatic N) is 1. The van der Waals surface area contributed by atoms with Gasteiger partial charge in [0, 0.05) is 30.8 Å². The van der Waals surface area contributed by atoms with Gasteiger partial charge in [0.05, 0.1) is 11.5 Å². The zero-order valence-electron chi connectivity index (χ0n) is 12.5. The smallest absolute Gasteiger partial charge is 0.243 e. The summed E-state index contributed by atoms with van der Waals surface area (Å²) in [5.41, 5.74) is 0.738. The van der Waals surface area contributed by atoms with Gasteiger partial charge < -0.3 is 5.11 Å². The van der Waals surface area contributed by atoms with Crippen molar-refractivity contribution in [3.63, 3.8) is 0 Å². The molecule has 1 aromatic carbocycles. The van der Waals surface area contributed by atoms with Gasteiger partial charge in [-0.15, -0.1) is 0 Å². The van der Waals surface area contributed by atoms with Crippen LogP contribution in [-0.2, 0) is 10.0 Å². The molecule has 0 aliphatic carbocycles. The average molecular weight is 327 g/mol. The van der Waals surface area contributed by atoms with Crippen LogP contribution in [0.4, 0.5) is 0 Å². The van der Waals surface area contributed by atoms with E-state index in [0.717, 1.165) is 11.3 Å². The van der Waals surface area contributed by atoms with Gasteiger partial charge in [-0.1, -0.05) is 11.8 Å². The van der Waals surface area contributed by atoms with E-state index >= 15 is 0 Å². The lowest BCUT2D eigenvalue weighted by molar-refractivity contribution is 0.305. The predicted molar refractivity (Wildman–Crippen MR) is 87.8 cm³/mol. The summed E-state index contributed by atoms with van der Waals surface area (Å²) in [6, 6.07) is 6.45. The van der Waals surface area contributed by atoms with Crippen LogP contribution in [0.2, 0.25) is 0 Å². The Hall–Kier alpha value is -1.00. The normalized spacial score (nSPS) is 12.8. The molecule has 0 fully saturated rings. The van der Waals surface area contributed by atoms with E-state index in [-0.39, 0.29) is 17.5 Å². The van der Waals surface area contributed by atoms with Gasteiger partial charge in [-0.05, 0) is 37.4 Å². The fourth-order valence-electron chi connectivity index (χ4n) is 1.68. The van der Waals surface area contributed by atoms with Crippen LogP contribution in [0.15, 0.2) is 29.2 Å². The first-order valence-corrected chi connectivity index (χ1v) is 9.43. The van der Waals surface area contributed by atoms with Crippen LogP contribution in [0.5, 0.6) is 0 Å². The van der Waals surface area contributed by atoms with Gasteiger partial charge in [0.1, 0.15) is 0 Å². The number of hydrogen-bond acceptors (Lipinski definition) is 4. The Morgan fingerprint density at radius 3 is 2.48 bits per heavy atom. The molecule has 0 bridgehead atoms. The van der Waals surface area contributed by atoms with Gasteiger partial charge >= 0.3 is 0 Å². The van der Waals surface area contributed by atoms with Crippen molar-refractivity contribution < 1.29 is 13.5 Å². The van der Waals surface area contributed by atoms with Crippen molar-refractivity contribution in [1.82, 2.24) is 4.31 Å². The van der Waals surface area contributed by atoms with E-state index in [1.165, 1.54) is 4.31 Å². The molecule has 0 radical (unpaired) electrons. The number of hydrogen-bond donors (Lipinski definition) is 1. The zero-order valence-corrected chi connectivity index (χ0v) is 14.2. The van der Waals surface area contributed by atoms with Gasteiger partial charge in [-0.2, -0.15) is 16.1 Å². The van der Waals surface area contributed by atoms with Crippen molar-refractivity contribution in [2.24, 2.45) is 0 Å². The lowest BCUT2D eigenvalue weighted by Crippen LogP contribution is -2.36. The molecule has 1 unspecified atom stereocenters. The Kier molecular flexibility index (Phi) is 7.26. The maximum atomic E-state index is 12.5. The molecule has 6 heteroatoms. The quantitative estimate of drug-likeness (QED) is 0.810. The van der Waals surface area contributed by atoms with E-state index in [4.69, 9.17) is 5.11 Å². The van der Waals surface area contributed by atoms with E-state index in [2.05, 4.69) is 11.8 Å². The molecule has 1 aromatic rings. The first-order chi connectivity index (χ1) is 9.93. The van der Waals surface area contributed by atoms with E-state index < -0.39 is 10.0 Å². The summed E-state index contributed by atoms with van der Waals surface area (Å²) in [4.78, 5) is 0.269. The molecular weight excluding hydrogens is 306 g/mol. The first kappa shape index (κ1) is 18.1. The summed E-state index contributed by atoms with van der Waals surface area (Å²) in [6.07, 6.45) is 2.37. The van der Waals surface area contributed by atoms with Gasteiger partial charge in [0.15, 0.2) is 0 Å². The highest BCUT2D eigenvalue weighted by Gasteiger charge is 2.24. The van der Waals surface area contributed by atoms with Gasteiger partial charge in [-0.3, -0.25) is 0 Å². The molecule has 0 saturated carbocycles. The lowest BCUT2D eigenvalue weighted by Gasteiger charge is -2.23. The minimum atomic E-state index is -3.47. The minimum Gasteiger partial charge on any atom is -0.395 e. The Labute approximate surface area is 131 Å². The van der Waals surface area contributed by atoms with Crippen molar-refractivity contribution in [3.05, 3.63) is 29.8 Å². The SMILES string of the molecule is CSCC(C)N(C)S(=O)(=O)c1ccc(C#CCCO)cc1. The average Bonchev–Trinajstić information content (AvgIpc) is 2.47. The number of aliphatic hydroxyl groups excluding tert-OH is 1. The Bertz CT molecular complexity index is 600. The summed E-state index contributed by atoms with van der Waals surface area (Å²) in [5.74, 6) is 6.43. The van der Waals surface area contributed by atoms with Crippen LogP contribution < -0.4 is 0 Å². The molecule has 0 aliphatic rings. The predicted octanol–water partition coefficient (Wildman–Crippen LogP) is 1.79. The lowest BCUT2D eigenvalue weighted by atomic mass is 10.2. The summed E-state index contributed by atoms with van der Waals surface area (Å²) >= 11 is 1.62. The highest BCUT2D eigenvalue weighted by atomic mass is 32.2. The number of aliphatic hydroxyl groups is 1. The first-order valence-electron chi connectivity index (χ1n) is 6.60. The van der Waals surface area contributed by atoms with E-state index in [1.54, 1.807) is 43.1 Å². The van der Waals surface area contributed by atoms with E-state index in [9.17, 15) is 8.42 Å². The van der Waals surface area contributed by atoms with Crippen LogP contribution in [0, 0.1) is 11.8 Å². The van der Waals surface area contributed by atoms with Crippen molar-refractivity contribution in [2.45, 2.75) is 24.3 Å². The summed E-state index contributed by atoms with van der Waals surface area (Å²) < 4.78 is 26.3. The molecule has 1 N–H and O–H groups in total. The van der Waals surface area contributed by atoms with Gasteiger partial charge in [0.2, 0.25) is 10.0 Å². The second-order valence-corrected chi connectivity index (χ2v) is 7.53. The molecule has 1 rings (SSSR count). The molecule has 4 nitrogen and oxygen atoms in total. The molecule has 21 heavy (non-hydrogen) atoms. The molecule has 0 heterocycles. The third-order valence-electron chi connectivity index (χ3n) is 3.03. The molecule has 0 saturated heterocycles. The second kappa shape index (κ2) is 8.44. The third-order valence-corrected chi connectivity index (χ3v) is 5.83. The highest BCUT2D eigenvalue weighted by Crippen LogP contribution is 2.18. The fourth-order valence-corrected chi connectivity index (χ4v) is 3.84. The standard InChI is InChI=1S/C15H21NO3S2/c1-13(12-20-3)16(2)21(18,19)15-9-7-14(8-10-15)6-4-5-11-17/h7-10,13,17H,5,11-12H2,1-3H3. The molecular formula is C15H21NO3S2. The molecule has 0 spiro atoms. The van der Waals surface area contributed by atoms with Gasteiger partial charge in [-0.25, -0.2) is 8.42 Å². The van der Waals surface area contributed by atoms with Crippen LogP contribution in [0.1, 0.15) is 18.9 Å². The summed E-state index contributed by atoms with van der Waals surface area (Å²) in [6.45, 7) is 1.92. The monoisotopic (exact) mass is 327 g/mol. The second-order valence-electron chi connectivity index (χ2n) is 4.63. The Morgan fingerprint density at radius 2 is 1.95 bits per heavy atom. The summed E-state index contributed by atoms with van der Waals surface area (Å²) in [5, 5.41) is 8.66. The van der Waals surface area contributed by atoms with Crippen molar-refractivity contribution in [3.8, 4) is 11.8 Å². The summed E-state index contributed by atoms with van der Waals surface area (Å²) in [7, 11) is -1.87. The number of benzene rings is 1. The Morgan fingerprint density at radius 1 is 1.33 bits per heavy atom. The van der Waals surface area contributed by atoms with Crippen LogP contribution in [0.3, 0.4) is 0 Å². The van der Waals surface area contributed by atoms with E-state index in [1.807, 2.05) is 13.2 Å². The highest BCUT2D eigenvalue weighted by molar-refractivity contribution is 7.98. The van der Waals surface area contributed by atoms with Crippen LogP contribution >= 0.6 is 11.8 Å². The van der Waals surface area contributed by atoms with Crippen molar-refractivity contribution in [2.75, 3.05) is 25.7 Å². The number of rotatable bonds is 6. The van der Waals surface area contributed by atoms with Crippen molar-refractivity contribution >= 4 is 21.8 Å². The Balaban J connectivity index is 2.92. The zero-order chi connectivity index (χ0) is 15.9. The minimum absolute atomic E-state index is 0.0254. The molecule has 1 atom stereocenters. The number of sulfonamides is 1. The molecule has 0 aromatic heterocycles. The number of thioether (sulfide) groups is 1. The van der Waals surface area contributed by atoms with Crippen LogP contribution in [-0.4, -0.2) is 49.5 Å². The fraction of sp³-hybridized carbons (Fsp3) is 0.467. The maximum absolute atomic E-state index is 12.5.